The molecule has 0 aliphatic heterocycles. The van der Waals surface area contributed by atoms with Crippen LogP contribution in [-0.4, -0.2) is 156 Å². The average Bonchev–Trinajstić information content (AvgIpc) is 2.84. The fourth-order valence-electron chi connectivity index (χ4n) is 3.20. The van der Waals surface area contributed by atoms with Crippen molar-refractivity contribution >= 4 is 43.6 Å². The Morgan fingerprint density at radius 1 is 0.738 bits per heavy atom. The van der Waals surface area contributed by atoms with Gasteiger partial charge in [0, 0.05) is 40.0 Å². The quantitative estimate of drug-likeness (QED) is 0.0433. The van der Waals surface area contributed by atoms with Crippen LogP contribution >= 0.6 is 7.82 Å². The summed E-state index contributed by atoms with van der Waals surface area (Å²) < 4.78 is 31.0. The first-order valence-corrected chi connectivity index (χ1v) is 14.0. The molecule has 0 aromatic carbocycles. The van der Waals surface area contributed by atoms with Gasteiger partial charge in [0.1, 0.15) is 13.3 Å². The Labute approximate surface area is 241 Å². The molecule has 0 fully saturated rings. The monoisotopic (exact) mass is 630 g/mol. The Morgan fingerprint density at radius 3 is 1.71 bits per heavy atom. The fourth-order valence-corrected chi connectivity index (χ4v) is 3.86. The van der Waals surface area contributed by atoms with Gasteiger partial charge in [-0.2, -0.15) is 0 Å². The van der Waals surface area contributed by atoms with Crippen molar-refractivity contribution in [2.24, 2.45) is 0 Å². The molecule has 19 nitrogen and oxygen atoms in total. The van der Waals surface area contributed by atoms with E-state index in [1.165, 1.54) is 4.90 Å². The van der Waals surface area contributed by atoms with E-state index in [9.17, 15) is 43.3 Å². The van der Waals surface area contributed by atoms with Gasteiger partial charge in [-0.25, -0.2) is 4.57 Å². The lowest BCUT2D eigenvalue weighted by molar-refractivity contribution is -0.158. The van der Waals surface area contributed by atoms with Gasteiger partial charge in [0.2, 0.25) is 5.91 Å². The van der Waals surface area contributed by atoms with Crippen molar-refractivity contribution < 1.29 is 72.1 Å². The second-order valence-corrected chi connectivity index (χ2v) is 10.2. The molecule has 0 spiro atoms. The molecule has 0 rings (SSSR count). The molecule has 0 radical (unpaired) electrons. The molecule has 2 atom stereocenters. The van der Waals surface area contributed by atoms with Gasteiger partial charge in [0.25, 0.3) is 0 Å². The van der Waals surface area contributed by atoms with Gasteiger partial charge in [0.15, 0.2) is 6.10 Å². The van der Waals surface area contributed by atoms with Gasteiger partial charge in [-0.1, -0.05) is 6.92 Å². The van der Waals surface area contributed by atoms with Crippen LogP contribution in [0.1, 0.15) is 20.8 Å². The number of carboxylic acids is 3. The number of aliphatic carboxylic acids is 3. The van der Waals surface area contributed by atoms with Crippen molar-refractivity contribution in [1.29, 1.82) is 0 Å². The Morgan fingerprint density at radius 2 is 1.24 bits per heavy atom. The molecule has 1 unspecified atom stereocenters. The second kappa shape index (κ2) is 20.6. The number of ether oxygens (including phenoxy) is 2. The van der Waals surface area contributed by atoms with E-state index in [2.05, 4.69) is 14.6 Å². The zero-order valence-electron chi connectivity index (χ0n) is 23.6. The lowest BCUT2D eigenvalue weighted by atomic mass is 10.3. The number of carbonyl (C=O) groups excluding carboxylic acids is 3. The topological polar surface area (TPSA) is 259 Å². The van der Waals surface area contributed by atoms with E-state index in [1.54, 1.807) is 11.8 Å². The first-order valence-electron chi connectivity index (χ1n) is 12.5. The number of hydrogen-bond acceptors (Lipinski definition) is 14. The van der Waals surface area contributed by atoms with E-state index in [0.717, 1.165) is 18.7 Å². The molecule has 42 heavy (non-hydrogen) atoms. The zero-order chi connectivity index (χ0) is 32.3. The van der Waals surface area contributed by atoms with Crippen LogP contribution in [0.5, 0.6) is 0 Å². The molecule has 0 aliphatic rings. The Balaban J connectivity index is 4.78. The van der Waals surface area contributed by atoms with E-state index in [0.29, 0.717) is 6.54 Å². The van der Waals surface area contributed by atoms with Crippen molar-refractivity contribution in [3.05, 3.63) is 0 Å². The number of amides is 1. The van der Waals surface area contributed by atoms with Gasteiger partial charge in [-0.3, -0.25) is 52.5 Å². The Bertz CT molecular complexity index is 950. The van der Waals surface area contributed by atoms with Crippen LogP contribution in [0.25, 0.3) is 0 Å². The Kier molecular flexibility index (Phi) is 19.1. The fraction of sp³-hybridized carbons (Fsp3) is 0.727. The smallest absolute Gasteiger partial charge is 0.474 e. The summed E-state index contributed by atoms with van der Waals surface area (Å²) in [5.41, 5.74) is 0. The molecule has 0 aromatic rings. The first-order chi connectivity index (χ1) is 19.5. The summed E-state index contributed by atoms with van der Waals surface area (Å²) in [7, 11) is -4.71. The number of nitrogens with zero attached hydrogens (tertiary/aromatic N) is 3. The minimum Gasteiger partial charge on any atom is -0.480 e. The average molecular weight is 631 g/mol. The number of likely N-dealkylation sites (N-methyl/N-ethyl adjacent to an activating group) is 1. The summed E-state index contributed by atoms with van der Waals surface area (Å²) in [5.74, 6) is -5.65. The SMILES string of the molecule is CCN(CCN(CCN(CC(=O)O)CC(=O)O)CC(=O)O)CC(=O)NCOP(=O)(O)OC[C@@H](COC(C)=O)OC(C)=O. The molecule has 0 aliphatic carbocycles. The molecule has 0 saturated heterocycles. The number of carbonyl (C=O) groups is 6. The number of hydrogen-bond donors (Lipinski definition) is 5. The molecule has 0 heterocycles. The molecule has 1 amide bonds. The number of carboxylic acid groups (broad SMARTS) is 3. The molecule has 20 heteroatoms. The van der Waals surface area contributed by atoms with Crippen LogP contribution in [-0.2, 0) is 51.9 Å². The third-order valence-electron chi connectivity index (χ3n) is 5.08. The standard InChI is InChI=1S/C22H39N4O15P/c1-4-24(5-6-25(10-20(30)31)7-8-26(11-21(32)33)12-22(34)35)9-19(29)23-15-40-42(36,37)39-14-18(41-17(3)28)13-38-16(2)27/h18H,4-15H2,1-3H3,(H,23,29)(H,30,31)(H,32,33)(H,34,35)(H,36,37)/t18-/m1/s1. The summed E-state index contributed by atoms with van der Waals surface area (Å²) in [6.45, 7) is 1.20. The van der Waals surface area contributed by atoms with Crippen molar-refractivity contribution in [2.45, 2.75) is 26.9 Å². The second-order valence-electron chi connectivity index (χ2n) is 8.71. The highest BCUT2D eigenvalue weighted by Gasteiger charge is 2.26. The van der Waals surface area contributed by atoms with Crippen LogP contribution < -0.4 is 5.32 Å². The number of esters is 2. The van der Waals surface area contributed by atoms with Crippen molar-refractivity contribution in [2.75, 3.05) is 78.8 Å². The van der Waals surface area contributed by atoms with E-state index >= 15 is 0 Å². The lowest BCUT2D eigenvalue weighted by Crippen LogP contribution is -2.45. The minimum atomic E-state index is -4.71. The highest BCUT2D eigenvalue weighted by Crippen LogP contribution is 2.42. The summed E-state index contributed by atoms with van der Waals surface area (Å²) in [6, 6.07) is 0. The normalized spacial score (nSPS) is 13.4. The summed E-state index contributed by atoms with van der Waals surface area (Å²) in [4.78, 5) is 81.6. The highest BCUT2D eigenvalue weighted by molar-refractivity contribution is 7.47. The lowest BCUT2D eigenvalue weighted by Gasteiger charge is -2.27. The molecule has 242 valence electrons. The van der Waals surface area contributed by atoms with Gasteiger partial charge >= 0.3 is 37.7 Å². The van der Waals surface area contributed by atoms with Crippen LogP contribution in [0.15, 0.2) is 0 Å². The van der Waals surface area contributed by atoms with Crippen LogP contribution in [0.4, 0.5) is 0 Å². The van der Waals surface area contributed by atoms with Gasteiger partial charge < -0.3 is 35.0 Å². The van der Waals surface area contributed by atoms with E-state index < -0.39 is 89.3 Å². The third-order valence-corrected chi connectivity index (χ3v) is 6.01. The van der Waals surface area contributed by atoms with Crippen LogP contribution in [0.2, 0.25) is 0 Å². The summed E-state index contributed by atoms with van der Waals surface area (Å²) in [6.07, 6.45) is -1.18. The van der Waals surface area contributed by atoms with Crippen LogP contribution in [0, 0.1) is 0 Å². The molecular formula is C22H39N4O15P. The molecule has 0 saturated carbocycles. The Hall–Kier alpha value is -3.19. The third kappa shape index (κ3) is 21.5. The predicted molar refractivity (Wildman–Crippen MR) is 140 cm³/mol. The highest BCUT2D eigenvalue weighted by atomic mass is 31.2. The van der Waals surface area contributed by atoms with Gasteiger partial charge in [0.05, 0.1) is 32.8 Å². The predicted octanol–water partition coefficient (Wildman–Crippen LogP) is -2.13. The summed E-state index contributed by atoms with van der Waals surface area (Å²) >= 11 is 0. The molecule has 0 aromatic heterocycles. The zero-order valence-corrected chi connectivity index (χ0v) is 24.5. The largest absolute Gasteiger partial charge is 0.480 e. The molecular weight excluding hydrogens is 591 g/mol. The van der Waals surface area contributed by atoms with E-state index in [1.807, 2.05) is 0 Å². The van der Waals surface area contributed by atoms with E-state index in [4.69, 9.17) is 19.5 Å². The maximum absolute atomic E-state index is 12.3. The number of phosphoric acid groups is 1. The van der Waals surface area contributed by atoms with Crippen molar-refractivity contribution in [3.63, 3.8) is 0 Å². The number of rotatable bonds is 24. The molecule has 5 N–H and O–H groups in total. The van der Waals surface area contributed by atoms with E-state index in [-0.39, 0.29) is 32.7 Å². The maximum Gasteiger partial charge on any atom is 0.474 e. The first kappa shape index (κ1) is 38.8. The minimum absolute atomic E-state index is 0.0233. The maximum atomic E-state index is 12.3. The van der Waals surface area contributed by atoms with Crippen molar-refractivity contribution in [3.8, 4) is 0 Å². The van der Waals surface area contributed by atoms with Gasteiger partial charge in [-0.15, -0.1) is 0 Å². The number of nitrogens with one attached hydrogen (secondary N) is 1. The van der Waals surface area contributed by atoms with Crippen molar-refractivity contribution in [1.82, 2.24) is 20.0 Å². The van der Waals surface area contributed by atoms with Gasteiger partial charge in [-0.05, 0) is 6.54 Å². The molecule has 0 bridgehead atoms. The number of phosphoric ester groups is 1. The van der Waals surface area contributed by atoms with Crippen LogP contribution in [0.3, 0.4) is 0 Å². The summed E-state index contributed by atoms with van der Waals surface area (Å²) in [5, 5.41) is 29.4.